The lowest BCUT2D eigenvalue weighted by Gasteiger charge is -2.08. The molecule has 1 N–H and O–H groups in total. The van der Waals surface area contributed by atoms with Crippen LogP contribution in [0.15, 0.2) is 42.6 Å². The highest BCUT2D eigenvalue weighted by Gasteiger charge is 2.05. The minimum absolute atomic E-state index is 0.119. The summed E-state index contributed by atoms with van der Waals surface area (Å²) in [6.07, 6.45) is 1.78. The molecule has 0 spiro atoms. The van der Waals surface area contributed by atoms with Crippen molar-refractivity contribution in [3.63, 3.8) is 0 Å². The molecule has 0 radical (unpaired) electrons. The molecule has 2 aromatic rings. The maximum atomic E-state index is 13.3. The predicted molar refractivity (Wildman–Crippen MR) is 79.1 cm³/mol. The molecule has 1 aromatic heterocycles. The highest BCUT2D eigenvalue weighted by atomic mass is 19.1. The average Bonchev–Trinajstić information content (AvgIpc) is 2.55. The molecule has 5 nitrogen and oxygen atoms in total. The van der Waals surface area contributed by atoms with E-state index in [2.05, 4.69) is 10.3 Å². The Morgan fingerprint density at radius 3 is 2.77 bits per heavy atom. The first kappa shape index (κ1) is 15.8. The molecular weight excluding hydrogens is 287 g/mol. The first-order valence-corrected chi connectivity index (χ1v) is 6.82. The van der Waals surface area contributed by atoms with E-state index in [1.165, 1.54) is 12.1 Å². The van der Waals surface area contributed by atoms with Gasteiger partial charge in [-0.2, -0.15) is 0 Å². The predicted octanol–water partition coefficient (Wildman–Crippen LogP) is 2.31. The van der Waals surface area contributed by atoms with Gasteiger partial charge in [0.1, 0.15) is 0 Å². The number of halogens is 1. The number of pyridine rings is 1. The Morgan fingerprint density at radius 2 is 2.09 bits per heavy atom. The number of rotatable bonds is 7. The Kier molecular flexibility index (Phi) is 5.71. The number of ether oxygens (including phenoxy) is 2. The Bertz CT molecular complexity index is 617. The molecule has 0 fully saturated rings. The van der Waals surface area contributed by atoms with E-state index in [1.54, 1.807) is 31.5 Å². The Hall–Kier alpha value is -2.63. The van der Waals surface area contributed by atoms with E-state index in [1.807, 2.05) is 6.07 Å². The molecule has 0 saturated heterocycles. The number of nitrogens with one attached hydrogen (secondary N) is 1. The molecular formula is C16H17FN2O3. The summed E-state index contributed by atoms with van der Waals surface area (Å²) in [5, 5.41) is 2.74. The Labute approximate surface area is 128 Å². The number of amides is 1. The molecule has 0 unspecified atom stereocenters. The van der Waals surface area contributed by atoms with Gasteiger partial charge in [0.05, 0.1) is 20.1 Å². The minimum atomic E-state index is -0.438. The smallest absolute Gasteiger partial charge is 0.223 e. The molecule has 2 rings (SSSR count). The van der Waals surface area contributed by atoms with Crippen LogP contribution in [0.1, 0.15) is 12.0 Å². The van der Waals surface area contributed by atoms with Crippen molar-refractivity contribution in [1.82, 2.24) is 10.3 Å². The van der Waals surface area contributed by atoms with Crippen molar-refractivity contribution in [1.29, 1.82) is 0 Å². The summed E-state index contributed by atoms with van der Waals surface area (Å²) in [6, 6.07) is 9.64. The van der Waals surface area contributed by atoms with Crippen molar-refractivity contribution in [3.8, 4) is 11.6 Å². The maximum absolute atomic E-state index is 13.3. The summed E-state index contributed by atoms with van der Waals surface area (Å²) in [7, 11) is 1.54. The fraction of sp³-hybridized carbons (Fsp3) is 0.250. The van der Waals surface area contributed by atoms with Gasteiger partial charge in [-0.15, -0.1) is 0 Å². The number of carbonyl (C=O) groups is 1. The van der Waals surface area contributed by atoms with Gasteiger partial charge in [0, 0.05) is 18.8 Å². The van der Waals surface area contributed by atoms with Gasteiger partial charge in [0.15, 0.2) is 11.6 Å². The van der Waals surface area contributed by atoms with Crippen LogP contribution in [0, 0.1) is 5.82 Å². The summed E-state index contributed by atoms with van der Waals surface area (Å²) >= 11 is 0. The van der Waals surface area contributed by atoms with Gasteiger partial charge in [-0.25, -0.2) is 9.37 Å². The third-order valence-corrected chi connectivity index (χ3v) is 2.92. The third kappa shape index (κ3) is 4.73. The van der Waals surface area contributed by atoms with Gasteiger partial charge in [0.2, 0.25) is 11.8 Å². The number of nitrogens with zero attached hydrogens (tertiary/aromatic N) is 1. The Morgan fingerprint density at radius 1 is 1.27 bits per heavy atom. The number of methoxy groups -OCH3 is 1. The normalized spacial score (nSPS) is 10.1. The lowest BCUT2D eigenvalue weighted by Crippen LogP contribution is -2.24. The quantitative estimate of drug-likeness (QED) is 0.853. The van der Waals surface area contributed by atoms with Gasteiger partial charge < -0.3 is 14.8 Å². The van der Waals surface area contributed by atoms with Crippen molar-refractivity contribution < 1.29 is 18.7 Å². The maximum Gasteiger partial charge on any atom is 0.223 e. The summed E-state index contributed by atoms with van der Waals surface area (Å²) < 4.78 is 23.5. The Balaban J connectivity index is 1.70. The summed E-state index contributed by atoms with van der Waals surface area (Å²) in [6.45, 7) is 0.489. The van der Waals surface area contributed by atoms with Gasteiger partial charge in [0.25, 0.3) is 0 Å². The van der Waals surface area contributed by atoms with Gasteiger partial charge >= 0.3 is 0 Å². The largest absolute Gasteiger partial charge is 0.490 e. The van der Waals surface area contributed by atoms with Crippen LogP contribution >= 0.6 is 0 Å². The summed E-state index contributed by atoms with van der Waals surface area (Å²) in [4.78, 5) is 15.7. The van der Waals surface area contributed by atoms with Crippen LogP contribution in [-0.2, 0) is 11.3 Å². The van der Waals surface area contributed by atoms with Crippen LogP contribution in [0.4, 0.5) is 4.39 Å². The van der Waals surface area contributed by atoms with Gasteiger partial charge in [-0.1, -0.05) is 18.2 Å². The molecule has 0 aliphatic heterocycles. The van der Waals surface area contributed by atoms with E-state index < -0.39 is 5.82 Å². The zero-order valence-electron chi connectivity index (χ0n) is 12.2. The van der Waals surface area contributed by atoms with Crippen LogP contribution in [0.5, 0.6) is 11.6 Å². The molecule has 0 aliphatic carbocycles. The summed E-state index contributed by atoms with van der Waals surface area (Å²) in [5.74, 6) is 0.0578. The van der Waals surface area contributed by atoms with Crippen LogP contribution < -0.4 is 14.8 Å². The monoisotopic (exact) mass is 304 g/mol. The second-order valence-corrected chi connectivity index (χ2v) is 4.51. The van der Waals surface area contributed by atoms with Crippen LogP contribution in [-0.4, -0.2) is 24.6 Å². The molecule has 0 bridgehead atoms. The lowest BCUT2D eigenvalue weighted by atomic mass is 10.3. The second-order valence-electron chi connectivity index (χ2n) is 4.51. The molecule has 6 heteroatoms. The molecule has 0 atom stereocenters. The van der Waals surface area contributed by atoms with Gasteiger partial charge in [-0.3, -0.25) is 4.79 Å². The number of para-hydroxylation sites is 1. The van der Waals surface area contributed by atoms with E-state index >= 15 is 0 Å². The molecule has 1 aromatic carbocycles. The zero-order chi connectivity index (χ0) is 15.8. The van der Waals surface area contributed by atoms with Crippen LogP contribution in [0.3, 0.4) is 0 Å². The minimum Gasteiger partial charge on any atom is -0.490 e. The molecule has 22 heavy (non-hydrogen) atoms. The first-order chi connectivity index (χ1) is 10.7. The standard InChI is InChI=1S/C16H17FN2O3/c1-21-16-7-6-12(11-19-16)10-18-15(20)8-9-22-14-5-3-2-4-13(14)17/h2-7,11H,8-10H2,1H3,(H,18,20). The van der Waals surface area contributed by atoms with Crippen LogP contribution in [0.2, 0.25) is 0 Å². The topological polar surface area (TPSA) is 60.5 Å². The van der Waals surface area contributed by atoms with E-state index in [4.69, 9.17) is 9.47 Å². The van der Waals surface area contributed by atoms with Gasteiger partial charge in [-0.05, 0) is 17.7 Å². The second kappa shape index (κ2) is 7.97. The van der Waals surface area contributed by atoms with Crippen molar-refractivity contribution in [2.45, 2.75) is 13.0 Å². The first-order valence-electron chi connectivity index (χ1n) is 6.82. The van der Waals surface area contributed by atoms with E-state index in [0.29, 0.717) is 12.4 Å². The average molecular weight is 304 g/mol. The third-order valence-electron chi connectivity index (χ3n) is 2.92. The molecule has 116 valence electrons. The highest BCUT2D eigenvalue weighted by molar-refractivity contribution is 5.75. The van der Waals surface area contributed by atoms with E-state index in [9.17, 15) is 9.18 Å². The molecule has 0 saturated carbocycles. The molecule has 1 heterocycles. The van der Waals surface area contributed by atoms with Crippen molar-refractivity contribution >= 4 is 5.91 Å². The number of hydrogen-bond donors (Lipinski definition) is 1. The lowest BCUT2D eigenvalue weighted by molar-refractivity contribution is -0.121. The highest BCUT2D eigenvalue weighted by Crippen LogP contribution is 2.15. The number of benzene rings is 1. The number of carbonyl (C=O) groups excluding carboxylic acids is 1. The molecule has 1 amide bonds. The fourth-order valence-electron chi connectivity index (χ4n) is 1.74. The number of hydrogen-bond acceptors (Lipinski definition) is 4. The van der Waals surface area contributed by atoms with Crippen molar-refractivity contribution in [2.75, 3.05) is 13.7 Å². The van der Waals surface area contributed by atoms with Crippen molar-refractivity contribution in [3.05, 3.63) is 54.0 Å². The zero-order valence-corrected chi connectivity index (χ0v) is 12.2. The summed E-state index contributed by atoms with van der Waals surface area (Å²) in [5.41, 5.74) is 0.865. The SMILES string of the molecule is COc1ccc(CNC(=O)CCOc2ccccc2F)cn1. The number of aromatic nitrogens is 1. The van der Waals surface area contributed by atoms with Crippen LogP contribution in [0.25, 0.3) is 0 Å². The van der Waals surface area contributed by atoms with Crippen molar-refractivity contribution in [2.24, 2.45) is 0 Å². The van der Waals surface area contributed by atoms with E-state index in [0.717, 1.165) is 5.56 Å². The molecule has 0 aliphatic rings. The van der Waals surface area contributed by atoms with E-state index in [-0.39, 0.29) is 24.7 Å². The fourth-order valence-corrected chi connectivity index (χ4v) is 1.74.